The molecule has 0 unspecified atom stereocenters. The lowest BCUT2D eigenvalue weighted by molar-refractivity contribution is -0.112. The Balaban J connectivity index is 1.80. The van der Waals surface area contributed by atoms with Gasteiger partial charge in [0.1, 0.15) is 0 Å². The van der Waals surface area contributed by atoms with E-state index in [9.17, 15) is 9.59 Å². The molecule has 0 aromatic heterocycles. The van der Waals surface area contributed by atoms with Gasteiger partial charge in [0.05, 0.1) is 22.0 Å². The molecule has 1 N–H and O–H groups in total. The number of hydrogen-bond acceptors (Lipinski definition) is 3. The highest BCUT2D eigenvalue weighted by molar-refractivity contribution is 6.52. The van der Waals surface area contributed by atoms with E-state index in [1.165, 1.54) is 25.7 Å². The lowest BCUT2D eigenvalue weighted by Crippen LogP contribution is -2.33. The molecule has 1 fully saturated rings. The highest BCUT2D eigenvalue weighted by Gasteiger charge is 2.30. The lowest BCUT2D eigenvalue weighted by atomic mass is 9.92. The molecule has 1 aromatic carbocycles. The Hall–Kier alpha value is -1.55. The van der Waals surface area contributed by atoms with Crippen LogP contribution in [0.3, 0.4) is 0 Å². The van der Waals surface area contributed by atoms with Crippen molar-refractivity contribution in [2.75, 3.05) is 23.3 Å². The van der Waals surface area contributed by atoms with E-state index in [0.29, 0.717) is 16.3 Å². The molecular weight excluding hydrogens is 288 g/mol. The summed E-state index contributed by atoms with van der Waals surface area (Å²) in [6.07, 6.45) is 4.87. The highest BCUT2D eigenvalue weighted by Crippen LogP contribution is 2.37. The van der Waals surface area contributed by atoms with E-state index in [1.807, 2.05) is 6.07 Å². The fourth-order valence-corrected chi connectivity index (χ4v) is 3.55. The molecular formula is C16H19ClN2O2. The van der Waals surface area contributed by atoms with Crippen molar-refractivity contribution < 1.29 is 9.59 Å². The van der Waals surface area contributed by atoms with Gasteiger partial charge in [0.2, 0.25) is 0 Å². The number of Topliss-reactive ketones (excluding diaryl/α,β-unsaturated/α-hetero) is 1. The molecule has 1 saturated heterocycles. The van der Waals surface area contributed by atoms with Crippen LogP contribution in [0.2, 0.25) is 5.02 Å². The molecule has 2 aliphatic heterocycles. The van der Waals surface area contributed by atoms with E-state index in [1.54, 1.807) is 6.07 Å². The zero-order valence-electron chi connectivity index (χ0n) is 12.1. The molecule has 0 atom stereocenters. The van der Waals surface area contributed by atoms with E-state index < -0.39 is 11.7 Å². The van der Waals surface area contributed by atoms with Crippen LogP contribution in [0.15, 0.2) is 12.1 Å². The summed E-state index contributed by atoms with van der Waals surface area (Å²) in [6, 6.07) is 3.45. The van der Waals surface area contributed by atoms with Crippen molar-refractivity contribution in [3.8, 4) is 0 Å². The molecule has 0 spiro atoms. The van der Waals surface area contributed by atoms with Gasteiger partial charge in [0.25, 0.3) is 11.7 Å². The molecule has 0 bridgehead atoms. The maximum absolute atomic E-state index is 11.7. The molecule has 5 heteroatoms. The summed E-state index contributed by atoms with van der Waals surface area (Å²) in [6.45, 7) is 4.18. The van der Waals surface area contributed by atoms with Crippen molar-refractivity contribution in [1.82, 2.24) is 0 Å². The van der Waals surface area contributed by atoms with Crippen LogP contribution < -0.4 is 10.2 Å². The first-order valence-corrected chi connectivity index (χ1v) is 7.92. The maximum Gasteiger partial charge on any atom is 0.296 e. The van der Waals surface area contributed by atoms with Gasteiger partial charge in [-0.1, -0.05) is 31.4 Å². The number of piperidine rings is 1. The van der Waals surface area contributed by atoms with Gasteiger partial charge in [-0.15, -0.1) is 0 Å². The molecule has 112 valence electrons. The Kier molecular flexibility index (Phi) is 3.89. The second kappa shape index (κ2) is 5.68. The van der Waals surface area contributed by atoms with Crippen molar-refractivity contribution in [3.63, 3.8) is 0 Å². The summed E-state index contributed by atoms with van der Waals surface area (Å²) < 4.78 is 0. The van der Waals surface area contributed by atoms with Gasteiger partial charge in [-0.05, 0) is 30.9 Å². The Morgan fingerprint density at radius 2 is 2.00 bits per heavy atom. The summed E-state index contributed by atoms with van der Waals surface area (Å²) >= 11 is 6.32. The van der Waals surface area contributed by atoms with Crippen molar-refractivity contribution >= 4 is 34.7 Å². The van der Waals surface area contributed by atoms with Crippen LogP contribution in [0.25, 0.3) is 0 Å². The van der Waals surface area contributed by atoms with Crippen molar-refractivity contribution in [2.45, 2.75) is 32.6 Å². The Morgan fingerprint density at radius 1 is 1.29 bits per heavy atom. The Morgan fingerprint density at radius 3 is 2.67 bits per heavy atom. The highest BCUT2D eigenvalue weighted by atomic mass is 35.5. The number of anilines is 2. The first-order chi connectivity index (χ1) is 10.1. The number of carbonyl (C=O) groups is 2. The average molecular weight is 307 g/mol. The van der Waals surface area contributed by atoms with E-state index in [2.05, 4.69) is 17.1 Å². The number of amides is 1. The summed E-state index contributed by atoms with van der Waals surface area (Å²) in [5.74, 6) is -0.263. The Bertz CT molecular complexity index is 592. The van der Waals surface area contributed by atoms with Gasteiger partial charge in [-0.25, -0.2) is 0 Å². The lowest BCUT2D eigenvalue weighted by Gasteiger charge is -2.34. The van der Waals surface area contributed by atoms with Crippen LogP contribution in [0, 0.1) is 5.92 Å². The summed E-state index contributed by atoms with van der Waals surface area (Å²) in [5.41, 5.74) is 1.88. The summed E-state index contributed by atoms with van der Waals surface area (Å²) in [7, 11) is 0. The fourth-order valence-electron chi connectivity index (χ4n) is 3.27. The van der Waals surface area contributed by atoms with Crippen LogP contribution in [0.1, 0.15) is 43.0 Å². The van der Waals surface area contributed by atoms with Gasteiger partial charge in [-0.3, -0.25) is 9.59 Å². The van der Waals surface area contributed by atoms with Crippen molar-refractivity contribution in [3.05, 3.63) is 22.7 Å². The number of hydrogen-bond donors (Lipinski definition) is 1. The first kappa shape index (κ1) is 14.4. The molecule has 4 nitrogen and oxygen atoms in total. The van der Waals surface area contributed by atoms with E-state index in [-0.39, 0.29) is 0 Å². The van der Waals surface area contributed by atoms with Crippen LogP contribution in [0.4, 0.5) is 11.4 Å². The quantitative estimate of drug-likeness (QED) is 0.870. The molecule has 1 amide bonds. The first-order valence-electron chi connectivity index (χ1n) is 7.54. The minimum Gasteiger partial charge on any atom is -0.370 e. The number of nitrogens with zero attached hydrogens (tertiary/aromatic N) is 1. The van der Waals surface area contributed by atoms with Crippen LogP contribution in [0.5, 0.6) is 0 Å². The Labute approximate surface area is 129 Å². The van der Waals surface area contributed by atoms with Crippen molar-refractivity contribution in [2.24, 2.45) is 5.92 Å². The van der Waals surface area contributed by atoms with Gasteiger partial charge in [-0.2, -0.15) is 0 Å². The molecule has 21 heavy (non-hydrogen) atoms. The topological polar surface area (TPSA) is 49.4 Å². The second-order valence-electron chi connectivity index (χ2n) is 5.85. The number of carbonyl (C=O) groups excluding carboxylic acids is 2. The molecule has 0 saturated carbocycles. The number of fused-ring (bicyclic) bond motifs is 1. The minimum absolute atomic E-state index is 0.384. The SMILES string of the molecule is CCCC1CCN(c2cc3c(cc2Cl)C(=O)C(=O)N3)CC1. The zero-order chi connectivity index (χ0) is 15.0. The largest absolute Gasteiger partial charge is 0.370 e. The van der Waals surface area contributed by atoms with E-state index in [4.69, 9.17) is 11.6 Å². The van der Waals surface area contributed by atoms with E-state index in [0.717, 1.165) is 24.7 Å². The molecule has 0 aliphatic carbocycles. The maximum atomic E-state index is 11.7. The van der Waals surface area contributed by atoms with Crippen LogP contribution in [-0.4, -0.2) is 24.8 Å². The van der Waals surface area contributed by atoms with Gasteiger partial charge < -0.3 is 10.2 Å². The van der Waals surface area contributed by atoms with Gasteiger partial charge >= 0.3 is 0 Å². The monoisotopic (exact) mass is 306 g/mol. The molecule has 0 radical (unpaired) electrons. The standard InChI is InChI=1S/C16H19ClN2O2/c1-2-3-10-4-6-19(7-5-10)14-9-13-11(8-12(14)17)15(20)16(21)18-13/h8-10H,2-7H2,1H3,(H,18,20,21). The number of nitrogens with one attached hydrogen (secondary N) is 1. The molecule has 2 heterocycles. The molecule has 3 rings (SSSR count). The third-order valence-corrected chi connectivity index (χ3v) is 4.74. The minimum atomic E-state index is -0.570. The average Bonchev–Trinajstić information content (AvgIpc) is 2.75. The third-order valence-electron chi connectivity index (χ3n) is 4.44. The van der Waals surface area contributed by atoms with Crippen molar-refractivity contribution in [1.29, 1.82) is 0 Å². The number of rotatable bonds is 3. The number of benzene rings is 1. The zero-order valence-corrected chi connectivity index (χ0v) is 12.9. The molecule has 2 aliphatic rings. The number of ketones is 1. The molecule has 1 aromatic rings. The normalized spacial score (nSPS) is 18.9. The predicted octanol–water partition coefficient (Wildman–Crippen LogP) is 3.49. The van der Waals surface area contributed by atoms with Gasteiger partial charge in [0.15, 0.2) is 0 Å². The summed E-state index contributed by atoms with van der Waals surface area (Å²) in [5, 5.41) is 3.16. The van der Waals surface area contributed by atoms with E-state index >= 15 is 0 Å². The second-order valence-corrected chi connectivity index (χ2v) is 6.26. The van der Waals surface area contributed by atoms with Gasteiger partial charge in [0, 0.05) is 13.1 Å². The predicted molar refractivity (Wildman–Crippen MR) is 84.3 cm³/mol. The van der Waals surface area contributed by atoms with Crippen LogP contribution in [-0.2, 0) is 4.79 Å². The fraction of sp³-hybridized carbons (Fsp3) is 0.500. The third kappa shape index (κ3) is 2.64. The summed E-state index contributed by atoms with van der Waals surface area (Å²) in [4.78, 5) is 25.3. The number of halogens is 1. The van der Waals surface area contributed by atoms with Crippen LogP contribution >= 0.6 is 11.6 Å². The smallest absolute Gasteiger partial charge is 0.296 e.